The Balaban J connectivity index is 1.63. The van der Waals surface area contributed by atoms with Gasteiger partial charge in [0.2, 0.25) is 5.88 Å². The molecule has 126 valence electrons. The summed E-state index contributed by atoms with van der Waals surface area (Å²) in [7, 11) is 0. The number of carbonyl (C=O) groups excluding carboxylic acids is 1. The van der Waals surface area contributed by atoms with Crippen LogP contribution in [0.2, 0.25) is 0 Å². The van der Waals surface area contributed by atoms with Crippen molar-refractivity contribution in [3.63, 3.8) is 0 Å². The molecule has 6 nitrogen and oxygen atoms in total. The van der Waals surface area contributed by atoms with Gasteiger partial charge < -0.3 is 14.1 Å². The van der Waals surface area contributed by atoms with Crippen molar-refractivity contribution in [2.75, 3.05) is 13.1 Å². The van der Waals surface area contributed by atoms with Crippen molar-refractivity contribution < 1.29 is 27.1 Å². The Morgan fingerprint density at radius 2 is 2.04 bits per heavy atom. The van der Waals surface area contributed by atoms with E-state index >= 15 is 0 Å². The van der Waals surface area contributed by atoms with Crippen LogP contribution >= 0.6 is 0 Å². The molecule has 0 bridgehead atoms. The topological polar surface area (TPSA) is 72.6 Å². The Labute approximate surface area is 133 Å². The molecule has 0 N–H and O–H groups in total. The van der Waals surface area contributed by atoms with E-state index in [2.05, 4.69) is 9.40 Å². The van der Waals surface area contributed by atoms with Crippen molar-refractivity contribution in [1.29, 1.82) is 0 Å². The van der Waals surface area contributed by atoms with Gasteiger partial charge in [0.05, 0.1) is 18.7 Å². The van der Waals surface area contributed by atoms with E-state index in [-0.39, 0.29) is 18.7 Å². The lowest BCUT2D eigenvalue weighted by molar-refractivity contribution is -0.140. The maximum atomic E-state index is 12.9. The molecule has 0 unspecified atom stereocenters. The van der Waals surface area contributed by atoms with E-state index in [4.69, 9.17) is 4.74 Å². The molecule has 0 spiro atoms. The molecule has 1 amide bonds. The van der Waals surface area contributed by atoms with Crippen LogP contribution in [0.5, 0.6) is 5.88 Å². The van der Waals surface area contributed by atoms with Crippen LogP contribution in [0, 0.1) is 0 Å². The number of carbonyl (C=O) groups is 1. The van der Waals surface area contributed by atoms with Crippen molar-refractivity contribution in [2.45, 2.75) is 12.3 Å². The van der Waals surface area contributed by atoms with Gasteiger partial charge in [-0.05, 0) is 18.2 Å². The van der Waals surface area contributed by atoms with Gasteiger partial charge in [-0.15, -0.1) is 0 Å². The predicted octanol–water partition coefficient (Wildman–Crippen LogP) is 1.96. The highest BCUT2D eigenvalue weighted by molar-refractivity contribution is 5.94. The van der Waals surface area contributed by atoms with Crippen molar-refractivity contribution in [1.82, 2.24) is 9.88 Å². The second-order valence-corrected chi connectivity index (χ2v) is 5.15. The summed E-state index contributed by atoms with van der Waals surface area (Å²) in [5, 5.41) is 0. The van der Waals surface area contributed by atoms with Gasteiger partial charge in [-0.2, -0.15) is 13.2 Å². The minimum Gasteiger partial charge on any atom is -0.470 e. The zero-order valence-electron chi connectivity index (χ0n) is 12.1. The van der Waals surface area contributed by atoms with Gasteiger partial charge >= 0.3 is 11.8 Å². The fourth-order valence-corrected chi connectivity index (χ4v) is 2.20. The first-order valence-electron chi connectivity index (χ1n) is 6.91. The van der Waals surface area contributed by atoms with E-state index in [0.717, 1.165) is 18.4 Å². The van der Waals surface area contributed by atoms with Gasteiger partial charge in [0.25, 0.3) is 5.91 Å². The van der Waals surface area contributed by atoms with Gasteiger partial charge in [-0.1, -0.05) is 0 Å². The third-order valence-electron chi connectivity index (χ3n) is 3.44. The summed E-state index contributed by atoms with van der Waals surface area (Å²) in [5.74, 6) is -0.900. The molecule has 2 aromatic heterocycles. The van der Waals surface area contributed by atoms with Crippen LogP contribution in [0.3, 0.4) is 0 Å². The number of hydrogen-bond donors (Lipinski definition) is 0. The molecule has 3 heterocycles. The van der Waals surface area contributed by atoms with Crippen molar-refractivity contribution >= 4 is 5.91 Å². The molecular weight excluding hydrogens is 329 g/mol. The maximum absolute atomic E-state index is 12.9. The molecule has 3 rings (SSSR count). The molecule has 0 radical (unpaired) electrons. The third kappa shape index (κ3) is 3.24. The number of likely N-dealkylation sites (tertiary alicyclic amines) is 1. The second kappa shape index (κ2) is 5.99. The Bertz CT molecular complexity index is 792. The number of amides is 1. The lowest BCUT2D eigenvalue weighted by atomic mass is 10.1. The summed E-state index contributed by atoms with van der Waals surface area (Å²) in [5.41, 5.74) is -1.35. The van der Waals surface area contributed by atoms with Crippen molar-refractivity contribution in [2.24, 2.45) is 0 Å². The fraction of sp³-hybridized carbons (Fsp3) is 0.267. The summed E-state index contributed by atoms with van der Waals surface area (Å²) in [4.78, 5) is 27.9. The molecule has 1 aliphatic rings. The molecule has 0 aliphatic carbocycles. The molecule has 0 aromatic carbocycles. The number of nitrogens with zero attached hydrogens (tertiary/aromatic N) is 2. The Kier molecular flexibility index (Phi) is 4.00. The van der Waals surface area contributed by atoms with Crippen LogP contribution in [0.1, 0.15) is 15.9 Å². The van der Waals surface area contributed by atoms with E-state index in [0.29, 0.717) is 0 Å². The van der Waals surface area contributed by atoms with Crippen LogP contribution in [0.4, 0.5) is 13.2 Å². The lowest BCUT2D eigenvalue weighted by Gasteiger charge is -2.38. The largest absolute Gasteiger partial charge is 0.470 e. The summed E-state index contributed by atoms with van der Waals surface area (Å²) < 4.78 is 48.4. The van der Waals surface area contributed by atoms with Crippen LogP contribution in [-0.4, -0.2) is 35.0 Å². The van der Waals surface area contributed by atoms with Crippen molar-refractivity contribution in [3.8, 4) is 5.88 Å². The Morgan fingerprint density at radius 1 is 1.29 bits per heavy atom. The highest BCUT2D eigenvalue weighted by atomic mass is 19.4. The number of alkyl halides is 3. The van der Waals surface area contributed by atoms with E-state index < -0.39 is 35.3 Å². The first-order valence-corrected chi connectivity index (χ1v) is 6.91. The normalized spacial score (nSPS) is 15.0. The smallest absolute Gasteiger partial charge is 0.421 e. The first-order chi connectivity index (χ1) is 11.3. The molecule has 9 heteroatoms. The predicted molar refractivity (Wildman–Crippen MR) is 74.5 cm³/mol. The zero-order chi connectivity index (χ0) is 17.3. The standard InChI is InChI=1S/C15H11F3N2O4/c16-15(17,18)11-2-1-5-19-13(11)24-10-6-20(7-10)14(22)9-3-4-12(21)23-8-9/h1-5,8,10H,6-7H2. The Morgan fingerprint density at radius 3 is 2.67 bits per heavy atom. The summed E-state index contributed by atoms with van der Waals surface area (Å²) >= 11 is 0. The molecule has 0 atom stereocenters. The molecule has 0 saturated carbocycles. The summed E-state index contributed by atoms with van der Waals surface area (Å²) in [6.45, 7) is 0.234. The third-order valence-corrected chi connectivity index (χ3v) is 3.44. The van der Waals surface area contributed by atoms with Crippen LogP contribution in [-0.2, 0) is 6.18 Å². The number of rotatable bonds is 3. The first kappa shape index (κ1) is 16.0. The van der Waals surface area contributed by atoms with Gasteiger partial charge in [-0.25, -0.2) is 9.78 Å². The lowest BCUT2D eigenvalue weighted by Crippen LogP contribution is -2.56. The second-order valence-electron chi connectivity index (χ2n) is 5.15. The van der Waals surface area contributed by atoms with E-state index in [1.807, 2.05) is 0 Å². The Hall–Kier alpha value is -2.84. The van der Waals surface area contributed by atoms with Crippen LogP contribution in [0.15, 0.2) is 45.9 Å². The highest BCUT2D eigenvalue weighted by Gasteiger charge is 2.38. The number of pyridine rings is 1. The van der Waals surface area contributed by atoms with Gasteiger partial charge in [0.1, 0.15) is 17.9 Å². The molecule has 1 aliphatic heterocycles. The van der Waals surface area contributed by atoms with Gasteiger partial charge in [0, 0.05) is 12.3 Å². The van der Waals surface area contributed by atoms with Gasteiger partial charge in [0.15, 0.2) is 0 Å². The molecule has 1 saturated heterocycles. The fourth-order valence-electron chi connectivity index (χ4n) is 2.20. The van der Waals surface area contributed by atoms with Crippen LogP contribution < -0.4 is 10.4 Å². The molecular formula is C15H11F3N2O4. The zero-order valence-corrected chi connectivity index (χ0v) is 12.1. The van der Waals surface area contributed by atoms with E-state index in [9.17, 15) is 22.8 Å². The minimum atomic E-state index is -4.57. The molecule has 2 aromatic rings. The average Bonchev–Trinajstić information content (AvgIpc) is 2.50. The monoisotopic (exact) mass is 340 g/mol. The number of hydrogen-bond acceptors (Lipinski definition) is 5. The number of halogens is 3. The quantitative estimate of drug-likeness (QED) is 0.854. The number of aromatic nitrogens is 1. The molecule has 1 fully saturated rings. The van der Waals surface area contributed by atoms with Gasteiger partial charge in [-0.3, -0.25) is 4.79 Å². The minimum absolute atomic E-state index is 0.117. The summed E-state index contributed by atoms with van der Waals surface area (Å²) in [6.07, 6.45) is -2.90. The average molecular weight is 340 g/mol. The van der Waals surface area contributed by atoms with E-state index in [1.54, 1.807) is 0 Å². The van der Waals surface area contributed by atoms with Crippen LogP contribution in [0.25, 0.3) is 0 Å². The van der Waals surface area contributed by atoms with E-state index in [1.165, 1.54) is 23.2 Å². The van der Waals surface area contributed by atoms with Crippen molar-refractivity contribution in [3.05, 3.63) is 58.3 Å². The SMILES string of the molecule is O=C(c1ccc(=O)oc1)N1CC(Oc2ncccc2C(F)(F)F)C1. The maximum Gasteiger partial charge on any atom is 0.421 e. The highest BCUT2D eigenvalue weighted by Crippen LogP contribution is 2.35. The number of ether oxygens (including phenoxy) is 1. The molecule has 24 heavy (non-hydrogen) atoms. The summed E-state index contributed by atoms with van der Waals surface area (Å²) in [6, 6.07) is 4.50.